The van der Waals surface area contributed by atoms with Crippen LogP contribution in [0.5, 0.6) is 0 Å². The largest absolute Gasteiger partial charge is 0.462 e. The first-order valence-corrected chi connectivity index (χ1v) is 6.83. The first-order chi connectivity index (χ1) is 10.2. The average Bonchev–Trinajstić information content (AvgIpc) is 2.96. The number of pyridine rings is 1. The van der Waals surface area contributed by atoms with Crippen LogP contribution >= 0.6 is 11.6 Å². The van der Waals surface area contributed by atoms with Crippen molar-refractivity contribution in [2.45, 2.75) is 6.92 Å². The minimum Gasteiger partial charge on any atom is -0.462 e. The third kappa shape index (κ3) is 2.60. The second-order valence-electron chi connectivity index (χ2n) is 4.39. The molecule has 0 saturated heterocycles. The van der Waals surface area contributed by atoms with Gasteiger partial charge in [0.25, 0.3) is 0 Å². The summed E-state index contributed by atoms with van der Waals surface area (Å²) < 4.78 is 6.59. The minimum absolute atomic E-state index is 0.334. The number of benzene rings is 1. The maximum Gasteiger partial charge on any atom is 0.341 e. The van der Waals surface area contributed by atoms with E-state index >= 15 is 0 Å². The molecular formula is C15H12ClN3O2. The van der Waals surface area contributed by atoms with Crippen LogP contribution in [-0.4, -0.2) is 27.3 Å². The van der Waals surface area contributed by atoms with E-state index in [0.29, 0.717) is 17.2 Å². The monoisotopic (exact) mass is 301 g/mol. The van der Waals surface area contributed by atoms with Gasteiger partial charge in [-0.25, -0.2) is 9.48 Å². The lowest BCUT2D eigenvalue weighted by Gasteiger charge is -2.06. The van der Waals surface area contributed by atoms with E-state index < -0.39 is 0 Å². The number of carbonyl (C=O) groups is 1. The Morgan fingerprint density at radius 3 is 3.05 bits per heavy atom. The third-order valence-electron chi connectivity index (χ3n) is 3.02. The zero-order chi connectivity index (χ0) is 14.8. The maximum absolute atomic E-state index is 11.7. The Kier molecular flexibility index (Phi) is 3.58. The van der Waals surface area contributed by atoms with Crippen molar-refractivity contribution in [2.24, 2.45) is 0 Å². The Hall–Kier alpha value is -2.40. The van der Waals surface area contributed by atoms with Crippen LogP contribution in [0.4, 0.5) is 0 Å². The fraction of sp³-hybridized carbons (Fsp3) is 0.133. The summed E-state index contributed by atoms with van der Waals surface area (Å²) in [7, 11) is 0. The highest BCUT2D eigenvalue weighted by Gasteiger charge is 2.12. The average molecular weight is 302 g/mol. The van der Waals surface area contributed by atoms with E-state index in [0.717, 1.165) is 16.6 Å². The zero-order valence-corrected chi connectivity index (χ0v) is 12.0. The van der Waals surface area contributed by atoms with Crippen LogP contribution in [0, 0.1) is 0 Å². The molecule has 106 valence electrons. The summed E-state index contributed by atoms with van der Waals surface area (Å²) in [4.78, 5) is 16.0. The van der Waals surface area contributed by atoms with Crippen LogP contribution in [0.3, 0.4) is 0 Å². The van der Waals surface area contributed by atoms with Gasteiger partial charge in [-0.2, -0.15) is 5.10 Å². The summed E-state index contributed by atoms with van der Waals surface area (Å²) in [5, 5.41) is 5.75. The Bertz CT molecular complexity index is 814. The number of rotatable bonds is 3. The minimum atomic E-state index is -0.384. The highest BCUT2D eigenvalue weighted by molar-refractivity contribution is 6.31. The van der Waals surface area contributed by atoms with Crippen molar-refractivity contribution in [3.63, 3.8) is 0 Å². The van der Waals surface area contributed by atoms with E-state index in [-0.39, 0.29) is 5.97 Å². The molecule has 5 nitrogen and oxygen atoms in total. The molecule has 1 aromatic carbocycles. The second kappa shape index (κ2) is 5.54. The number of hydrogen-bond donors (Lipinski definition) is 0. The zero-order valence-electron chi connectivity index (χ0n) is 11.3. The number of nitrogens with zero attached hydrogens (tertiary/aromatic N) is 3. The molecule has 6 heteroatoms. The lowest BCUT2D eigenvalue weighted by Crippen LogP contribution is -2.03. The summed E-state index contributed by atoms with van der Waals surface area (Å²) in [5.74, 6) is -0.384. The van der Waals surface area contributed by atoms with Crippen molar-refractivity contribution < 1.29 is 9.53 Å². The molecule has 2 heterocycles. The molecule has 0 saturated carbocycles. The van der Waals surface area contributed by atoms with Gasteiger partial charge in [0.1, 0.15) is 0 Å². The molecule has 0 aliphatic heterocycles. The number of halogens is 1. The molecule has 0 atom stereocenters. The van der Waals surface area contributed by atoms with Crippen molar-refractivity contribution in [1.29, 1.82) is 0 Å². The quantitative estimate of drug-likeness (QED) is 0.697. The van der Waals surface area contributed by atoms with Gasteiger partial charge in [-0.15, -0.1) is 0 Å². The van der Waals surface area contributed by atoms with Crippen LogP contribution < -0.4 is 0 Å². The van der Waals surface area contributed by atoms with Crippen LogP contribution in [0.2, 0.25) is 5.02 Å². The molecule has 2 aromatic heterocycles. The predicted molar refractivity (Wildman–Crippen MR) is 79.8 cm³/mol. The van der Waals surface area contributed by atoms with Gasteiger partial charge in [-0.3, -0.25) is 4.98 Å². The van der Waals surface area contributed by atoms with Gasteiger partial charge in [0, 0.05) is 22.8 Å². The molecule has 0 aliphatic carbocycles. The maximum atomic E-state index is 11.7. The normalized spacial score (nSPS) is 10.8. The predicted octanol–water partition coefficient (Wildman–Crippen LogP) is 3.25. The molecule has 0 fully saturated rings. The Morgan fingerprint density at radius 1 is 1.38 bits per heavy atom. The molecule has 21 heavy (non-hydrogen) atoms. The van der Waals surface area contributed by atoms with Crippen molar-refractivity contribution >= 4 is 28.5 Å². The van der Waals surface area contributed by atoms with E-state index in [1.807, 2.05) is 12.1 Å². The van der Waals surface area contributed by atoms with Crippen LogP contribution in [0.15, 0.2) is 42.9 Å². The fourth-order valence-corrected chi connectivity index (χ4v) is 2.25. The van der Waals surface area contributed by atoms with Gasteiger partial charge >= 0.3 is 5.97 Å². The first kappa shape index (κ1) is 13.6. The van der Waals surface area contributed by atoms with E-state index in [9.17, 15) is 4.79 Å². The number of carbonyl (C=O) groups excluding carboxylic acids is 1. The summed E-state index contributed by atoms with van der Waals surface area (Å²) in [6.45, 7) is 2.10. The van der Waals surface area contributed by atoms with Gasteiger partial charge in [-0.1, -0.05) is 11.6 Å². The molecule has 3 rings (SSSR count). The molecule has 0 amide bonds. The molecule has 0 N–H and O–H groups in total. The van der Waals surface area contributed by atoms with E-state index in [1.165, 1.54) is 6.20 Å². The van der Waals surface area contributed by atoms with Crippen LogP contribution in [0.25, 0.3) is 16.6 Å². The lowest BCUT2D eigenvalue weighted by atomic mass is 10.2. The number of hydrogen-bond acceptors (Lipinski definition) is 4. The van der Waals surface area contributed by atoms with Crippen molar-refractivity contribution in [2.75, 3.05) is 6.61 Å². The highest BCUT2D eigenvalue weighted by atomic mass is 35.5. The van der Waals surface area contributed by atoms with E-state index in [1.54, 1.807) is 36.1 Å². The molecular weight excluding hydrogens is 290 g/mol. The van der Waals surface area contributed by atoms with Crippen molar-refractivity contribution in [1.82, 2.24) is 14.8 Å². The highest BCUT2D eigenvalue weighted by Crippen LogP contribution is 2.23. The van der Waals surface area contributed by atoms with Crippen LogP contribution in [-0.2, 0) is 4.74 Å². The van der Waals surface area contributed by atoms with Gasteiger partial charge in [-0.05, 0) is 31.2 Å². The fourth-order valence-electron chi connectivity index (χ4n) is 2.08. The summed E-state index contributed by atoms with van der Waals surface area (Å²) in [6, 6.07) is 7.30. The van der Waals surface area contributed by atoms with E-state index in [4.69, 9.17) is 16.3 Å². The van der Waals surface area contributed by atoms with Gasteiger partial charge < -0.3 is 4.74 Å². The summed E-state index contributed by atoms with van der Waals surface area (Å²) >= 11 is 5.97. The van der Waals surface area contributed by atoms with Crippen molar-refractivity contribution in [3.05, 3.63) is 53.4 Å². The third-order valence-corrected chi connectivity index (χ3v) is 3.26. The number of aromatic nitrogens is 3. The summed E-state index contributed by atoms with van der Waals surface area (Å²) in [6.07, 6.45) is 4.81. The summed E-state index contributed by atoms with van der Waals surface area (Å²) in [5.41, 5.74) is 2.01. The number of fused-ring (bicyclic) bond motifs is 1. The molecule has 3 aromatic rings. The van der Waals surface area contributed by atoms with Gasteiger partial charge in [0.15, 0.2) is 0 Å². The van der Waals surface area contributed by atoms with E-state index in [2.05, 4.69) is 10.1 Å². The standard InChI is InChI=1S/C15H12ClN3O2/c1-2-21-15(20)10-8-18-19(9-10)14-5-6-17-13-7-11(16)3-4-12(13)14/h3-9H,2H2,1H3. The number of ether oxygens (including phenoxy) is 1. The second-order valence-corrected chi connectivity index (χ2v) is 4.82. The van der Waals surface area contributed by atoms with Crippen LogP contribution in [0.1, 0.15) is 17.3 Å². The number of esters is 1. The Morgan fingerprint density at radius 2 is 2.24 bits per heavy atom. The van der Waals surface area contributed by atoms with Gasteiger partial charge in [0.2, 0.25) is 0 Å². The van der Waals surface area contributed by atoms with Crippen molar-refractivity contribution in [3.8, 4) is 5.69 Å². The first-order valence-electron chi connectivity index (χ1n) is 6.45. The molecule has 0 spiro atoms. The molecule has 0 bridgehead atoms. The Labute approximate surface area is 126 Å². The molecule has 0 unspecified atom stereocenters. The lowest BCUT2D eigenvalue weighted by molar-refractivity contribution is 0.0526. The molecule has 0 radical (unpaired) electrons. The smallest absolute Gasteiger partial charge is 0.341 e. The van der Waals surface area contributed by atoms with Gasteiger partial charge in [0.05, 0.1) is 29.6 Å². The SMILES string of the molecule is CCOC(=O)c1cnn(-c2ccnc3cc(Cl)ccc23)c1. The topological polar surface area (TPSA) is 57.0 Å². The Balaban J connectivity index is 2.07. The molecule has 0 aliphatic rings.